The number of nitrogens with one attached hydrogen (secondary N) is 1. The summed E-state index contributed by atoms with van der Waals surface area (Å²) < 4.78 is 46.6. The number of rotatable bonds is 13. The Balaban J connectivity index is 2.12. The van der Waals surface area contributed by atoms with Gasteiger partial charge in [-0.2, -0.15) is 0 Å². The summed E-state index contributed by atoms with van der Waals surface area (Å²) in [6.45, 7) is 0.784. The van der Waals surface area contributed by atoms with Crippen LogP contribution in [0.2, 0.25) is 0 Å². The lowest BCUT2D eigenvalue weighted by Crippen LogP contribution is -2.53. The topological polar surface area (TPSA) is 139 Å². The third kappa shape index (κ3) is 8.01. The molecule has 0 spiro atoms. The normalized spacial score (nSPS) is 11.8. The number of sulfonamides is 1. The number of likely N-dealkylation sites (N-methyl/N-ethyl adjacent to an activating group) is 1. The van der Waals surface area contributed by atoms with E-state index in [0.717, 1.165) is 28.9 Å². The molecule has 0 unspecified atom stereocenters. The maximum absolute atomic E-state index is 14.8. The highest BCUT2D eigenvalue weighted by molar-refractivity contribution is 7.92. The zero-order chi connectivity index (χ0) is 30.2. The molecule has 0 radical (unpaired) electrons. The van der Waals surface area contributed by atoms with Crippen molar-refractivity contribution in [3.05, 3.63) is 99.9 Å². The molecule has 0 saturated heterocycles. The standard InChI is InChI=1S/C28H31FN4O7S/c1-4-30-28(35)25(16-20-10-6-5-7-11-20)31(18-21-12-8-9-13-23(21)29)27(34)19-32(41(3,38)39)24-17-22(33(36)37)14-15-26(24)40-2/h5-15,17,25H,4,16,18-19H2,1-3H3,(H,30,35)/t25-/m1/s1. The Morgan fingerprint density at radius 3 is 2.32 bits per heavy atom. The number of halogens is 1. The first kappa shape index (κ1) is 31.0. The zero-order valence-electron chi connectivity index (χ0n) is 22.8. The number of non-ortho nitro benzene ring substituents is 1. The Hall–Kier alpha value is -4.52. The number of nitro benzene ring substituents is 1. The molecule has 0 bridgehead atoms. The summed E-state index contributed by atoms with van der Waals surface area (Å²) in [5, 5.41) is 14.1. The summed E-state index contributed by atoms with van der Waals surface area (Å²) in [5.41, 5.74) is 0.174. The van der Waals surface area contributed by atoms with E-state index in [4.69, 9.17) is 4.74 Å². The average Bonchev–Trinajstić information content (AvgIpc) is 2.94. The quantitative estimate of drug-likeness (QED) is 0.240. The number of nitrogens with zero attached hydrogens (tertiary/aromatic N) is 3. The number of nitro groups is 1. The van der Waals surface area contributed by atoms with E-state index in [0.29, 0.717) is 4.31 Å². The molecule has 2 amide bonds. The molecule has 0 heterocycles. The first-order valence-electron chi connectivity index (χ1n) is 12.6. The Labute approximate surface area is 237 Å². The monoisotopic (exact) mass is 586 g/mol. The van der Waals surface area contributed by atoms with Gasteiger partial charge in [-0.25, -0.2) is 12.8 Å². The summed E-state index contributed by atoms with van der Waals surface area (Å²) in [7, 11) is -2.96. The molecular formula is C28H31FN4O7S. The van der Waals surface area contributed by atoms with E-state index < -0.39 is 50.9 Å². The highest BCUT2D eigenvalue weighted by atomic mass is 32.2. The Bertz CT molecular complexity index is 1500. The van der Waals surface area contributed by atoms with Gasteiger partial charge in [0.25, 0.3) is 5.69 Å². The summed E-state index contributed by atoms with van der Waals surface area (Å²) in [6.07, 6.45) is 0.900. The van der Waals surface area contributed by atoms with Crippen molar-refractivity contribution in [1.82, 2.24) is 10.2 Å². The van der Waals surface area contributed by atoms with Gasteiger partial charge in [0.15, 0.2) is 0 Å². The van der Waals surface area contributed by atoms with Crippen molar-refractivity contribution >= 4 is 33.2 Å². The predicted molar refractivity (Wildman–Crippen MR) is 151 cm³/mol. The lowest BCUT2D eigenvalue weighted by atomic mass is 10.0. The lowest BCUT2D eigenvalue weighted by molar-refractivity contribution is -0.384. The van der Waals surface area contributed by atoms with E-state index >= 15 is 0 Å². The molecule has 3 aromatic rings. The van der Waals surface area contributed by atoms with Gasteiger partial charge < -0.3 is 15.0 Å². The van der Waals surface area contributed by atoms with Gasteiger partial charge in [-0.3, -0.25) is 24.0 Å². The number of carbonyl (C=O) groups is 2. The van der Waals surface area contributed by atoms with Crippen molar-refractivity contribution in [2.45, 2.75) is 25.9 Å². The Morgan fingerprint density at radius 1 is 1.07 bits per heavy atom. The van der Waals surface area contributed by atoms with E-state index in [1.807, 2.05) is 0 Å². The molecule has 218 valence electrons. The highest BCUT2D eigenvalue weighted by Crippen LogP contribution is 2.34. The largest absolute Gasteiger partial charge is 0.495 e. The number of anilines is 1. The number of benzene rings is 3. The van der Waals surface area contributed by atoms with Crippen LogP contribution in [0.1, 0.15) is 18.1 Å². The Kier molecular flexibility index (Phi) is 10.4. The van der Waals surface area contributed by atoms with Crippen molar-refractivity contribution in [1.29, 1.82) is 0 Å². The molecule has 3 rings (SSSR count). The van der Waals surface area contributed by atoms with Gasteiger partial charge in [-0.15, -0.1) is 0 Å². The summed E-state index contributed by atoms with van der Waals surface area (Å²) >= 11 is 0. The fraction of sp³-hybridized carbons (Fsp3) is 0.286. The smallest absolute Gasteiger partial charge is 0.271 e. The van der Waals surface area contributed by atoms with E-state index in [1.54, 1.807) is 43.3 Å². The third-order valence-electron chi connectivity index (χ3n) is 6.24. The number of hydrogen-bond acceptors (Lipinski definition) is 7. The minimum absolute atomic E-state index is 0.0287. The fourth-order valence-corrected chi connectivity index (χ4v) is 5.08. The van der Waals surface area contributed by atoms with Crippen molar-refractivity contribution in [3.63, 3.8) is 0 Å². The molecule has 1 N–H and O–H groups in total. The SMILES string of the molecule is CCNC(=O)[C@@H](Cc1ccccc1)N(Cc1ccccc1F)C(=O)CN(c1cc([N+](=O)[O-])ccc1OC)S(C)(=O)=O. The van der Waals surface area contributed by atoms with Gasteiger partial charge in [0, 0.05) is 37.2 Å². The first-order chi connectivity index (χ1) is 19.5. The van der Waals surface area contributed by atoms with Crippen LogP contribution in [0.5, 0.6) is 5.75 Å². The molecule has 13 heteroatoms. The number of amides is 2. The lowest BCUT2D eigenvalue weighted by Gasteiger charge is -2.33. The summed E-state index contributed by atoms with van der Waals surface area (Å²) in [5.74, 6) is -1.99. The van der Waals surface area contributed by atoms with E-state index in [2.05, 4.69) is 5.32 Å². The first-order valence-corrected chi connectivity index (χ1v) is 14.5. The minimum Gasteiger partial charge on any atom is -0.495 e. The van der Waals surface area contributed by atoms with Crippen molar-refractivity contribution in [2.24, 2.45) is 0 Å². The van der Waals surface area contributed by atoms with Crippen LogP contribution in [0.25, 0.3) is 0 Å². The van der Waals surface area contributed by atoms with E-state index in [9.17, 15) is 32.5 Å². The van der Waals surface area contributed by atoms with Gasteiger partial charge in [0.1, 0.15) is 29.8 Å². The second-order valence-corrected chi connectivity index (χ2v) is 11.0. The average molecular weight is 587 g/mol. The number of carbonyl (C=O) groups excluding carboxylic acids is 2. The molecule has 1 atom stereocenters. The van der Waals surface area contributed by atoms with Crippen LogP contribution in [0.3, 0.4) is 0 Å². The van der Waals surface area contributed by atoms with Crippen molar-refractivity contribution in [2.75, 3.05) is 30.8 Å². The zero-order valence-corrected chi connectivity index (χ0v) is 23.6. The second kappa shape index (κ2) is 13.7. The molecule has 0 fully saturated rings. The van der Waals surface area contributed by atoms with Crippen LogP contribution >= 0.6 is 0 Å². The van der Waals surface area contributed by atoms with Gasteiger partial charge in [0.05, 0.1) is 18.3 Å². The maximum atomic E-state index is 14.8. The third-order valence-corrected chi connectivity index (χ3v) is 7.37. The van der Waals surface area contributed by atoms with Crippen LogP contribution in [-0.4, -0.2) is 62.6 Å². The highest BCUT2D eigenvalue weighted by Gasteiger charge is 2.34. The van der Waals surface area contributed by atoms with Gasteiger partial charge in [-0.1, -0.05) is 48.5 Å². The van der Waals surface area contributed by atoms with E-state index in [1.165, 1.54) is 31.4 Å². The predicted octanol–water partition coefficient (Wildman–Crippen LogP) is 3.28. The van der Waals surface area contributed by atoms with Crippen LogP contribution in [0, 0.1) is 15.9 Å². The number of methoxy groups -OCH3 is 1. The van der Waals surface area contributed by atoms with E-state index in [-0.39, 0.29) is 36.5 Å². The molecular weight excluding hydrogens is 555 g/mol. The van der Waals surface area contributed by atoms with Gasteiger partial charge >= 0.3 is 0 Å². The maximum Gasteiger partial charge on any atom is 0.271 e. The molecule has 11 nitrogen and oxygen atoms in total. The Morgan fingerprint density at radius 2 is 1.73 bits per heavy atom. The molecule has 0 aliphatic heterocycles. The summed E-state index contributed by atoms with van der Waals surface area (Å²) in [6, 6.07) is 16.8. The second-order valence-electron chi connectivity index (χ2n) is 9.10. The van der Waals surface area contributed by atoms with Crippen LogP contribution < -0.4 is 14.4 Å². The molecule has 3 aromatic carbocycles. The van der Waals surface area contributed by atoms with Gasteiger partial charge in [0.2, 0.25) is 21.8 Å². The minimum atomic E-state index is -4.21. The van der Waals surface area contributed by atoms with Crippen molar-refractivity contribution in [3.8, 4) is 5.75 Å². The number of ether oxygens (including phenoxy) is 1. The van der Waals surface area contributed by atoms with Crippen LogP contribution in [0.15, 0.2) is 72.8 Å². The van der Waals surface area contributed by atoms with Crippen LogP contribution in [0.4, 0.5) is 15.8 Å². The summed E-state index contributed by atoms with van der Waals surface area (Å²) in [4.78, 5) is 39.2. The fourth-order valence-electron chi connectivity index (χ4n) is 4.24. The van der Waals surface area contributed by atoms with Crippen LogP contribution in [-0.2, 0) is 32.6 Å². The van der Waals surface area contributed by atoms with Gasteiger partial charge in [-0.05, 0) is 24.6 Å². The van der Waals surface area contributed by atoms with Crippen molar-refractivity contribution < 1.29 is 32.1 Å². The molecule has 0 aliphatic rings. The molecule has 0 saturated carbocycles. The molecule has 41 heavy (non-hydrogen) atoms. The molecule has 0 aliphatic carbocycles. The number of hydrogen-bond donors (Lipinski definition) is 1. The molecule has 0 aromatic heterocycles.